The summed E-state index contributed by atoms with van der Waals surface area (Å²) in [6, 6.07) is 14.7. The first-order valence-corrected chi connectivity index (χ1v) is 12.2. The van der Waals surface area contributed by atoms with Gasteiger partial charge < -0.3 is 15.1 Å². The summed E-state index contributed by atoms with van der Waals surface area (Å²) in [5, 5.41) is 3.21. The molecular formula is C27H31N3O3. The number of carbonyl (C=O) groups excluding carboxylic acids is 3. The second-order valence-electron chi connectivity index (χ2n) is 9.46. The smallest absolute Gasteiger partial charge is 0.256 e. The van der Waals surface area contributed by atoms with Gasteiger partial charge in [-0.3, -0.25) is 14.4 Å². The number of carbonyl (C=O) groups is 3. The Morgan fingerprint density at radius 2 is 1.70 bits per heavy atom. The number of hydrogen-bond donors (Lipinski definition) is 1. The maximum absolute atomic E-state index is 13.5. The molecule has 1 saturated heterocycles. The van der Waals surface area contributed by atoms with E-state index in [4.69, 9.17) is 0 Å². The Morgan fingerprint density at radius 1 is 0.909 bits per heavy atom. The van der Waals surface area contributed by atoms with Gasteiger partial charge in [0.05, 0.1) is 17.8 Å². The van der Waals surface area contributed by atoms with Gasteiger partial charge in [0.25, 0.3) is 11.8 Å². The van der Waals surface area contributed by atoms with E-state index in [1.165, 1.54) is 25.7 Å². The molecule has 3 aliphatic rings. The van der Waals surface area contributed by atoms with Gasteiger partial charge >= 0.3 is 0 Å². The zero-order chi connectivity index (χ0) is 22.8. The minimum Gasteiger partial charge on any atom is -0.349 e. The molecule has 6 nitrogen and oxygen atoms in total. The van der Waals surface area contributed by atoms with Crippen LogP contribution in [0.4, 0.5) is 5.69 Å². The predicted octanol–water partition coefficient (Wildman–Crippen LogP) is 4.29. The fraction of sp³-hybridized carbons (Fsp3) is 0.444. The molecule has 6 heteroatoms. The van der Waals surface area contributed by atoms with Crippen LogP contribution in [-0.2, 0) is 11.3 Å². The van der Waals surface area contributed by atoms with E-state index in [0.717, 1.165) is 24.8 Å². The molecule has 2 aromatic carbocycles. The SMILES string of the molecule is O=C(NC1CCCCCC1)c1cccc(CN2C(=O)C3CCCN3C(=O)c3ccccc32)c1. The lowest BCUT2D eigenvalue weighted by atomic mass is 10.1. The van der Waals surface area contributed by atoms with Crippen molar-refractivity contribution in [3.63, 3.8) is 0 Å². The minimum absolute atomic E-state index is 0.0425. The first-order valence-electron chi connectivity index (χ1n) is 12.2. The summed E-state index contributed by atoms with van der Waals surface area (Å²) >= 11 is 0. The van der Waals surface area contributed by atoms with E-state index >= 15 is 0 Å². The summed E-state index contributed by atoms with van der Waals surface area (Å²) in [5.41, 5.74) is 2.71. The highest BCUT2D eigenvalue weighted by atomic mass is 16.2. The number of amides is 3. The highest BCUT2D eigenvalue weighted by Crippen LogP contribution is 2.33. The number of benzene rings is 2. The molecule has 0 bridgehead atoms. The van der Waals surface area contributed by atoms with E-state index in [1.54, 1.807) is 15.9 Å². The molecular weight excluding hydrogens is 414 g/mol. The van der Waals surface area contributed by atoms with Crippen LogP contribution in [0.15, 0.2) is 48.5 Å². The van der Waals surface area contributed by atoms with Gasteiger partial charge in [-0.15, -0.1) is 0 Å². The summed E-state index contributed by atoms with van der Waals surface area (Å²) in [4.78, 5) is 43.0. The van der Waals surface area contributed by atoms with Gasteiger partial charge in [-0.05, 0) is 55.5 Å². The Kier molecular flexibility index (Phi) is 6.16. The molecule has 1 saturated carbocycles. The number of nitrogens with zero attached hydrogens (tertiary/aromatic N) is 2. The van der Waals surface area contributed by atoms with Crippen LogP contribution in [0.25, 0.3) is 0 Å². The van der Waals surface area contributed by atoms with Crippen LogP contribution < -0.4 is 10.2 Å². The zero-order valence-corrected chi connectivity index (χ0v) is 19.0. The predicted molar refractivity (Wildman–Crippen MR) is 127 cm³/mol. The quantitative estimate of drug-likeness (QED) is 0.714. The molecule has 0 aromatic heterocycles. The van der Waals surface area contributed by atoms with E-state index in [0.29, 0.717) is 36.3 Å². The molecule has 1 unspecified atom stereocenters. The first kappa shape index (κ1) is 21.7. The second kappa shape index (κ2) is 9.38. The van der Waals surface area contributed by atoms with Crippen molar-refractivity contribution >= 4 is 23.4 Å². The zero-order valence-electron chi connectivity index (χ0n) is 19.0. The maximum atomic E-state index is 13.5. The topological polar surface area (TPSA) is 69.7 Å². The molecule has 3 amide bonds. The number of para-hydroxylation sites is 1. The van der Waals surface area contributed by atoms with E-state index in [-0.39, 0.29) is 23.8 Å². The molecule has 2 aliphatic heterocycles. The van der Waals surface area contributed by atoms with Crippen molar-refractivity contribution in [1.82, 2.24) is 10.2 Å². The minimum atomic E-state index is -0.411. The normalized spacial score (nSPS) is 21.3. The number of hydrogen-bond acceptors (Lipinski definition) is 3. The van der Waals surface area contributed by atoms with Crippen LogP contribution in [0.2, 0.25) is 0 Å². The van der Waals surface area contributed by atoms with Crippen LogP contribution in [0, 0.1) is 0 Å². The lowest BCUT2D eigenvalue weighted by Crippen LogP contribution is -2.44. The van der Waals surface area contributed by atoms with Gasteiger partial charge in [0.15, 0.2) is 0 Å². The highest BCUT2D eigenvalue weighted by molar-refractivity contribution is 6.11. The molecule has 0 spiro atoms. The Bertz CT molecular complexity index is 1060. The third-order valence-corrected chi connectivity index (χ3v) is 7.21. The average Bonchev–Trinajstić information content (AvgIpc) is 3.16. The molecule has 0 radical (unpaired) electrons. The van der Waals surface area contributed by atoms with Crippen molar-refractivity contribution < 1.29 is 14.4 Å². The molecule has 1 N–H and O–H groups in total. The van der Waals surface area contributed by atoms with E-state index in [2.05, 4.69) is 5.32 Å². The molecule has 5 rings (SSSR count). The van der Waals surface area contributed by atoms with Gasteiger partial charge in [-0.25, -0.2) is 0 Å². The van der Waals surface area contributed by atoms with Gasteiger partial charge in [-0.2, -0.15) is 0 Å². The highest BCUT2D eigenvalue weighted by Gasteiger charge is 2.41. The maximum Gasteiger partial charge on any atom is 0.256 e. The second-order valence-corrected chi connectivity index (χ2v) is 9.46. The molecule has 2 aromatic rings. The van der Waals surface area contributed by atoms with Crippen molar-refractivity contribution in [2.45, 2.75) is 70.0 Å². The Balaban J connectivity index is 1.39. The lowest BCUT2D eigenvalue weighted by molar-refractivity contribution is -0.122. The number of anilines is 1. The van der Waals surface area contributed by atoms with Crippen LogP contribution in [0.5, 0.6) is 0 Å². The van der Waals surface area contributed by atoms with Crippen molar-refractivity contribution in [2.24, 2.45) is 0 Å². The Hall–Kier alpha value is -3.15. The molecule has 33 heavy (non-hydrogen) atoms. The standard InChI is InChI=1S/C27H31N3O3/c31-25(28-21-11-3-1-2-4-12-21)20-10-7-9-19(17-20)18-30-23-14-6-5-13-22(23)26(32)29-16-8-15-24(29)27(30)33/h5-7,9-10,13-14,17,21,24H,1-4,8,11-12,15-16,18H2,(H,28,31). The van der Waals surface area contributed by atoms with E-state index in [1.807, 2.05) is 42.5 Å². The molecule has 2 fully saturated rings. The van der Waals surface area contributed by atoms with Gasteiger partial charge in [-0.1, -0.05) is 49.9 Å². The van der Waals surface area contributed by atoms with Crippen LogP contribution in [-0.4, -0.2) is 41.2 Å². The monoisotopic (exact) mass is 445 g/mol. The largest absolute Gasteiger partial charge is 0.349 e. The van der Waals surface area contributed by atoms with Gasteiger partial charge in [0.1, 0.15) is 6.04 Å². The number of nitrogens with one attached hydrogen (secondary N) is 1. The molecule has 2 heterocycles. The van der Waals surface area contributed by atoms with Crippen molar-refractivity contribution in [1.29, 1.82) is 0 Å². The summed E-state index contributed by atoms with van der Waals surface area (Å²) in [5.74, 6) is -0.164. The summed E-state index contributed by atoms with van der Waals surface area (Å²) < 4.78 is 0. The van der Waals surface area contributed by atoms with Gasteiger partial charge in [0, 0.05) is 18.2 Å². The number of rotatable bonds is 4. The first-order chi connectivity index (χ1) is 16.1. The summed E-state index contributed by atoms with van der Waals surface area (Å²) in [6.07, 6.45) is 8.43. The third kappa shape index (κ3) is 4.39. The summed E-state index contributed by atoms with van der Waals surface area (Å²) in [6.45, 7) is 0.951. The Labute approximate surface area is 194 Å². The molecule has 1 aliphatic carbocycles. The fourth-order valence-electron chi connectivity index (χ4n) is 5.46. The third-order valence-electron chi connectivity index (χ3n) is 7.21. The van der Waals surface area contributed by atoms with Crippen LogP contribution >= 0.6 is 0 Å². The summed E-state index contributed by atoms with van der Waals surface area (Å²) in [7, 11) is 0. The van der Waals surface area contributed by atoms with Crippen molar-refractivity contribution in [3.8, 4) is 0 Å². The molecule has 172 valence electrons. The van der Waals surface area contributed by atoms with Crippen molar-refractivity contribution in [2.75, 3.05) is 11.4 Å². The van der Waals surface area contributed by atoms with Crippen molar-refractivity contribution in [3.05, 3.63) is 65.2 Å². The Morgan fingerprint density at radius 3 is 2.52 bits per heavy atom. The van der Waals surface area contributed by atoms with E-state index < -0.39 is 6.04 Å². The van der Waals surface area contributed by atoms with Gasteiger partial charge in [0.2, 0.25) is 5.91 Å². The average molecular weight is 446 g/mol. The van der Waals surface area contributed by atoms with Crippen LogP contribution in [0.1, 0.15) is 77.6 Å². The van der Waals surface area contributed by atoms with Crippen LogP contribution in [0.3, 0.4) is 0 Å². The lowest BCUT2D eigenvalue weighted by Gasteiger charge is -2.26. The number of fused-ring (bicyclic) bond motifs is 2. The fourth-order valence-corrected chi connectivity index (χ4v) is 5.46. The van der Waals surface area contributed by atoms with E-state index in [9.17, 15) is 14.4 Å². The molecule has 1 atom stereocenters.